The van der Waals surface area contributed by atoms with Gasteiger partial charge in [-0.15, -0.1) is 0 Å². The van der Waals surface area contributed by atoms with Gasteiger partial charge >= 0.3 is 5.97 Å². The molecule has 0 radical (unpaired) electrons. The van der Waals surface area contributed by atoms with Crippen LogP contribution >= 0.6 is 0 Å². The molecule has 0 aliphatic carbocycles. The molecule has 1 fully saturated rings. The van der Waals surface area contributed by atoms with E-state index in [0.717, 1.165) is 83.5 Å². The lowest BCUT2D eigenvalue weighted by Crippen LogP contribution is -2.59. The Morgan fingerprint density at radius 3 is 1.48 bits per heavy atom. The molecule has 358 valence electrons. The summed E-state index contributed by atoms with van der Waals surface area (Å²) in [7, 11) is 0. The van der Waals surface area contributed by atoms with Crippen LogP contribution in [0.25, 0.3) is 0 Å². The summed E-state index contributed by atoms with van der Waals surface area (Å²) in [6, 6.07) is 0. The molecule has 62 heavy (non-hydrogen) atoms. The Labute approximate surface area is 378 Å². The average Bonchev–Trinajstić information content (AvgIpc) is 3.27. The Morgan fingerprint density at radius 1 is 0.532 bits per heavy atom. The average molecular weight is 873 g/mol. The molecule has 1 heterocycles. The number of rotatable bonds is 42. The molecule has 0 bridgehead atoms. The number of ether oxygens (including phenoxy) is 4. The highest BCUT2D eigenvalue weighted by molar-refractivity contribution is 5.69. The third-order valence-electron chi connectivity index (χ3n) is 11.1. The van der Waals surface area contributed by atoms with E-state index in [9.17, 15) is 25.2 Å². The summed E-state index contributed by atoms with van der Waals surface area (Å²) >= 11 is 0. The van der Waals surface area contributed by atoms with E-state index in [4.69, 9.17) is 18.9 Å². The number of allylic oxidation sites excluding steroid dienone is 12. The number of aliphatic hydroxyl groups is 4. The zero-order chi connectivity index (χ0) is 45.0. The highest BCUT2D eigenvalue weighted by atomic mass is 16.7. The highest BCUT2D eigenvalue weighted by Crippen LogP contribution is 2.22. The van der Waals surface area contributed by atoms with Crippen molar-refractivity contribution in [3.63, 3.8) is 0 Å². The maximum Gasteiger partial charge on any atom is 0.306 e. The largest absolute Gasteiger partial charge is 0.457 e. The van der Waals surface area contributed by atoms with Crippen LogP contribution in [0.3, 0.4) is 0 Å². The van der Waals surface area contributed by atoms with Gasteiger partial charge in [0.1, 0.15) is 30.5 Å². The van der Waals surface area contributed by atoms with Gasteiger partial charge in [-0.3, -0.25) is 4.79 Å². The number of hydrogen-bond donors (Lipinski definition) is 4. The minimum atomic E-state index is -1.54. The van der Waals surface area contributed by atoms with Crippen molar-refractivity contribution in [2.45, 2.75) is 230 Å². The van der Waals surface area contributed by atoms with E-state index in [0.29, 0.717) is 13.0 Å². The minimum absolute atomic E-state index is 0.122. The van der Waals surface area contributed by atoms with Gasteiger partial charge in [-0.05, 0) is 83.5 Å². The predicted molar refractivity (Wildman–Crippen MR) is 256 cm³/mol. The van der Waals surface area contributed by atoms with E-state index >= 15 is 0 Å². The third-order valence-corrected chi connectivity index (χ3v) is 11.1. The molecule has 1 saturated heterocycles. The summed E-state index contributed by atoms with van der Waals surface area (Å²) in [6.45, 7) is 4.40. The van der Waals surface area contributed by atoms with Gasteiger partial charge in [0.05, 0.1) is 19.8 Å². The van der Waals surface area contributed by atoms with E-state index in [1.165, 1.54) is 89.9 Å². The molecule has 1 aliphatic heterocycles. The fourth-order valence-corrected chi connectivity index (χ4v) is 7.22. The summed E-state index contributed by atoms with van der Waals surface area (Å²) in [5.41, 5.74) is 0. The minimum Gasteiger partial charge on any atom is -0.457 e. The van der Waals surface area contributed by atoms with Gasteiger partial charge < -0.3 is 39.4 Å². The maximum absolute atomic E-state index is 12.8. The first-order valence-corrected chi connectivity index (χ1v) is 25.0. The van der Waals surface area contributed by atoms with Crippen molar-refractivity contribution in [2.24, 2.45) is 0 Å². The Balaban J connectivity index is 2.23. The smallest absolute Gasteiger partial charge is 0.306 e. The maximum atomic E-state index is 12.8. The van der Waals surface area contributed by atoms with Crippen LogP contribution in [0.5, 0.6) is 0 Å². The summed E-state index contributed by atoms with van der Waals surface area (Å²) in [5, 5.41) is 40.2. The van der Waals surface area contributed by atoms with E-state index in [2.05, 4.69) is 86.8 Å². The van der Waals surface area contributed by atoms with Crippen molar-refractivity contribution in [3.05, 3.63) is 72.9 Å². The lowest BCUT2D eigenvalue weighted by molar-refractivity contribution is -0.305. The van der Waals surface area contributed by atoms with E-state index in [-0.39, 0.29) is 19.2 Å². The van der Waals surface area contributed by atoms with Gasteiger partial charge in [0.2, 0.25) is 0 Å². The zero-order valence-corrected chi connectivity index (χ0v) is 39.3. The van der Waals surface area contributed by atoms with Gasteiger partial charge in [-0.1, -0.05) is 177 Å². The molecule has 1 aliphatic rings. The fraction of sp³-hybridized carbons (Fsp3) is 0.755. The quantitative estimate of drug-likeness (QED) is 0.0269. The van der Waals surface area contributed by atoms with Crippen LogP contribution < -0.4 is 0 Å². The number of unbranched alkanes of at least 4 members (excludes halogenated alkanes) is 19. The SMILES string of the molecule is CC/C=C\C/C=C\C/C=C\C/C=C\CCCCCCCCCCCOCC(COC1OC(CO)C(O)C(O)C1O)OC(=O)CCCCCCCCC/C=C\C/C=C\CCCCC. The second-order valence-electron chi connectivity index (χ2n) is 16.9. The van der Waals surface area contributed by atoms with Gasteiger partial charge in [0.15, 0.2) is 6.29 Å². The molecule has 9 heteroatoms. The molecule has 4 N–H and O–H groups in total. The van der Waals surface area contributed by atoms with Gasteiger partial charge in [-0.2, -0.15) is 0 Å². The molecule has 0 amide bonds. The van der Waals surface area contributed by atoms with Crippen LogP contribution in [-0.4, -0.2) is 89.6 Å². The monoisotopic (exact) mass is 873 g/mol. The van der Waals surface area contributed by atoms with Gasteiger partial charge in [-0.25, -0.2) is 0 Å². The van der Waals surface area contributed by atoms with Crippen molar-refractivity contribution in [1.82, 2.24) is 0 Å². The van der Waals surface area contributed by atoms with E-state index in [1.54, 1.807) is 0 Å². The molecule has 0 saturated carbocycles. The fourth-order valence-electron chi connectivity index (χ4n) is 7.22. The van der Waals surface area contributed by atoms with E-state index < -0.39 is 43.4 Å². The standard InChI is InChI=1S/C53H92O9/c1-3-5-7-9-11-13-15-17-19-21-22-23-24-25-27-29-31-33-35-37-39-41-43-59-45-47(46-60-53-52(58)51(57)50(56)48(44-54)62-53)61-49(55)42-40-38-36-34-32-30-28-26-20-18-16-14-12-10-8-6-4-2/h5,7,11-14,17-20,22-23,47-48,50-54,56-58H,3-4,6,8-10,15-16,21,24-46H2,1-2H3/b7-5-,13-11-,14-12-,19-17-,20-18-,23-22-. The third kappa shape index (κ3) is 34.1. The Morgan fingerprint density at radius 2 is 0.984 bits per heavy atom. The number of hydrogen-bond acceptors (Lipinski definition) is 9. The zero-order valence-electron chi connectivity index (χ0n) is 39.3. The van der Waals surface area contributed by atoms with Crippen molar-refractivity contribution in [2.75, 3.05) is 26.4 Å². The molecule has 0 aromatic heterocycles. The highest BCUT2D eigenvalue weighted by Gasteiger charge is 2.44. The van der Waals surface area contributed by atoms with Crippen molar-refractivity contribution in [1.29, 1.82) is 0 Å². The van der Waals surface area contributed by atoms with Crippen LogP contribution in [0.2, 0.25) is 0 Å². The summed E-state index contributed by atoms with van der Waals surface area (Å²) in [5.74, 6) is -0.326. The Hall–Kier alpha value is -2.37. The molecule has 1 rings (SSSR count). The topological polar surface area (TPSA) is 135 Å². The van der Waals surface area contributed by atoms with Crippen LogP contribution in [0.4, 0.5) is 0 Å². The van der Waals surface area contributed by atoms with Crippen molar-refractivity contribution < 1.29 is 44.2 Å². The number of aliphatic hydroxyl groups excluding tert-OH is 4. The van der Waals surface area contributed by atoms with Crippen molar-refractivity contribution >= 4 is 5.97 Å². The molecule has 9 nitrogen and oxygen atoms in total. The number of esters is 1. The second-order valence-corrected chi connectivity index (χ2v) is 16.9. The molecule has 6 atom stereocenters. The molecule has 0 spiro atoms. The summed E-state index contributed by atoms with van der Waals surface area (Å²) < 4.78 is 22.9. The second kappa shape index (κ2) is 43.9. The van der Waals surface area contributed by atoms with Gasteiger partial charge in [0, 0.05) is 13.0 Å². The first-order valence-electron chi connectivity index (χ1n) is 25.0. The first kappa shape index (κ1) is 57.6. The first-order chi connectivity index (χ1) is 30.4. The van der Waals surface area contributed by atoms with Gasteiger partial charge in [0.25, 0.3) is 0 Å². The molecular formula is C53H92O9. The van der Waals surface area contributed by atoms with Crippen LogP contribution in [0.1, 0.15) is 194 Å². The van der Waals surface area contributed by atoms with E-state index in [1.807, 2.05) is 0 Å². The summed E-state index contributed by atoms with van der Waals surface area (Å²) in [6.07, 6.45) is 50.7. The number of carbonyl (C=O) groups excluding carboxylic acids is 1. The van der Waals surface area contributed by atoms with Crippen LogP contribution in [0.15, 0.2) is 72.9 Å². The predicted octanol–water partition coefficient (Wildman–Crippen LogP) is 12.0. The lowest BCUT2D eigenvalue weighted by atomic mass is 9.99. The molecule has 0 aromatic rings. The number of carbonyl (C=O) groups is 1. The van der Waals surface area contributed by atoms with Crippen LogP contribution in [-0.2, 0) is 23.7 Å². The van der Waals surface area contributed by atoms with Crippen LogP contribution in [0, 0.1) is 0 Å². The lowest BCUT2D eigenvalue weighted by Gasteiger charge is -2.39. The normalized spacial score (nSPS) is 20.4. The van der Waals surface area contributed by atoms with Crippen molar-refractivity contribution in [3.8, 4) is 0 Å². The molecular weight excluding hydrogens is 781 g/mol. The molecule has 0 aromatic carbocycles. The Kier molecular flexibility index (Phi) is 40.8. The Bertz CT molecular complexity index is 1180. The summed E-state index contributed by atoms with van der Waals surface area (Å²) in [4.78, 5) is 12.8. The molecule has 6 unspecified atom stereocenters.